The largest absolute Gasteiger partial charge is 0.497 e. The molecule has 0 atom stereocenters. The summed E-state index contributed by atoms with van der Waals surface area (Å²) in [4.78, 5) is 20.7. The van der Waals surface area contributed by atoms with Crippen LogP contribution in [0.1, 0.15) is 15.9 Å². The van der Waals surface area contributed by atoms with E-state index in [-0.39, 0.29) is 5.91 Å². The van der Waals surface area contributed by atoms with E-state index in [2.05, 4.69) is 20.6 Å². The van der Waals surface area contributed by atoms with Crippen LogP contribution in [0, 0.1) is 0 Å². The molecule has 3 aromatic rings. The minimum absolute atomic E-state index is 0.189. The van der Waals surface area contributed by atoms with Gasteiger partial charge in [-0.3, -0.25) is 9.78 Å². The second-order valence-electron chi connectivity index (χ2n) is 5.66. The van der Waals surface area contributed by atoms with Gasteiger partial charge >= 0.3 is 0 Å². The highest BCUT2D eigenvalue weighted by Gasteiger charge is 2.10. The predicted octanol–water partition coefficient (Wildman–Crippen LogP) is 3.17. The molecule has 1 aromatic carbocycles. The van der Waals surface area contributed by atoms with Gasteiger partial charge in [0.1, 0.15) is 17.3 Å². The van der Waals surface area contributed by atoms with Crippen LogP contribution in [0.3, 0.4) is 0 Å². The summed E-state index contributed by atoms with van der Waals surface area (Å²) in [6.45, 7) is 0.407. The van der Waals surface area contributed by atoms with Gasteiger partial charge in [-0.15, -0.1) is 0 Å². The number of nitrogens with one attached hydrogen (secondary N) is 2. The van der Waals surface area contributed by atoms with E-state index in [4.69, 9.17) is 9.47 Å². The first-order valence-electron chi connectivity index (χ1n) is 8.32. The highest BCUT2D eigenvalue weighted by atomic mass is 16.5. The van der Waals surface area contributed by atoms with E-state index >= 15 is 0 Å². The first-order chi connectivity index (χ1) is 13.2. The summed E-state index contributed by atoms with van der Waals surface area (Å²) in [6, 6.07) is 12.5. The average Bonchev–Trinajstić information content (AvgIpc) is 2.73. The van der Waals surface area contributed by atoms with Crippen molar-refractivity contribution >= 4 is 17.4 Å². The number of carbonyl (C=O) groups excluding carboxylic acids is 1. The van der Waals surface area contributed by atoms with Crippen molar-refractivity contribution in [2.75, 3.05) is 19.5 Å². The molecule has 138 valence electrons. The van der Waals surface area contributed by atoms with Crippen molar-refractivity contribution in [3.63, 3.8) is 0 Å². The zero-order valence-corrected chi connectivity index (χ0v) is 15.1. The van der Waals surface area contributed by atoms with Crippen LogP contribution in [-0.2, 0) is 6.54 Å². The van der Waals surface area contributed by atoms with Gasteiger partial charge in [0.05, 0.1) is 19.9 Å². The molecule has 27 heavy (non-hydrogen) atoms. The number of amides is 1. The molecular formula is C20H20N4O3. The van der Waals surface area contributed by atoms with Gasteiger partial charge in [-0.1, -0.05) is 6.07 Å². The lowest BCUT2D eigenvalue weighted by atomic mass is 10.2. The second-order valence-corrected chi connectivity index (χ2v) is 5.66. The van der Waals surface area contributed by atoms with Crippen molar-refractivity contribution in [2.24, 2.45) is 0 Å². The maximum atomic E-state index is 12.4. The Kier molecular flexibility index (Phi) is 5.84. The third kappa shape index (κ3) is 4.72. The zero-order chi connectivity index (χ0) is 19.1. The molecule has 0 saturated carbocycles. The Morgan fingerprint density at radius 3 is 2.70 bits per heavy atom. The summed E-state index contributed by atoms with van der Waals surface area (Å²) in [7, 11) is 3.17. The van der Waals surface area contributed by atoms with Crippen LogP contribution in [0.15, 0.2) is 61.1 Å². The van der Waals surface area contributed by atoms with Crippen LogP contribution < -0.4 is 20.1 Å². The molecule has 0 radical (unpaired) electrons. The summed E-state index contributed by atoms with van der Waals surface area (Å²) < 4.78 is 10.6. The summed E-state index contributed by atoms with van der Waals surface area (Å²) in [5.41, 5.74) is 2.16. The lowest BCUT2D eigenvalue weighted by molar-refractivity contribution is 0.0951. The smallest absolute Gasteiger partial charge is 0.251 e. The number of anilines is 2. The molecule has 1 amide bonds. The lowest BCUT2D eigenvalue weighted by Crippen LogP contribution is -2.23. The van der Waals surface area contributed by atoms with Gasteiger partial charge in [0, 0.05) is 36.8 Å². The SMILES string of the molecule is COc1ccc(Nc2cc(C(=O)NCc3cccnc3)ccn2)c(OC)c1. The molecule has 3 rings (SSSR count). The highest BCUT2D eigenvalue weighted by Crippen LogP contribution is 2.31. The minimum Gasteiger partial charge on any atom is -0.497 e. The van der Waals surface area contributed by atoms with Crippen LogP contribution in [0.4, 0.5) is 11.5 Å². The molecule has 0 aliphatic heterocycles. The Morgan fingerprint density at radius 1 is 1.07 bits per heavy atom. The van der Waals surface area contributed by atoms with Gasteiger partial charge in [0.25, 0.3) is 5.91 Å². The first-order valence-corrected chi connectivity index (χ1v) is 8.32. The number of methoxy groups -OCH3 is 2. The Hall–Kier alpha value is -3.61. The number of rotatable bonds is 7. The fraction of sp³-hybridized carbons (Fsp3) is 0.150. The summed E-state index contributed by atoms with van der Waals surface area (Å²) in [6.07, 6.45) is 4.99. The van der Waals surface area contributed by atoms with Crippen molar-refractivity contribution in [2.45, 2.75) is 6.54 Å². The number of aromatic nitrogens is 2. The zero-order valence-electron chi connectivity index (χ0n) is 15.1. The molecule has 0 saturated heterocycles. The number of carbonyl (C=O) groups is 1. The van der Waals surface area contributed by atoms with Crippen molar-refractivity contribution in [1.82, 2.24) is 15.3 Å². The van der Waals surface area contributed by atoms with E-state index in [0.29, 0.717) is 29.4 Å². The van der Waals surface area contributed by atoms with Gasteiger partial charge in [-0.25, -0.2) is 4.98 Å². The Balaban J connectivity index is 1.71. The molecule has 7 nitrogen and oxygen atoms in total. The van der Waals surface area contributed by atoms with Gasteiger partial charge in [0.15, 0.2) is 0 Å². The van der Waals surface area contributed by atoms with Gasteiger partial charge in [0.2, 0.25) is 0 Å². The molecule has 0 aliphatic rings. The Bertz CT molecular complexity index is 916. The molecular weight excluding hydrogens is 344 g/mol. The van der Waals surface area contributed by atoms with Crippen LogP contribution in [-0.4, -0.2) is 30.1 Å². The van der Waals surface area contributed by atoms with Crippen molar-refractivity contribution in [3.8, 4) is 11.5 Å². The van der Waals surface area contributed by atoms with Gasteiger partial charge in [-0.05, 0) is 35.9 Å². The Morgan fingerprint density at radius 2 is 1.96 bits per heavy atom. The lowest BCUT2D eigenvalue weighted by Gasteiger charge is -2.12. The van der Waals surface area contributed by atoms with E-state index in [1.165, 1.54) is 0 Å². The van der Waals surface area contributed by atoms with E-state index in [1.807, 2.05) is 24.3 Å². The number of nitrogens with zero attached hydrogens (tertiary/aromatic N) is 2. The third-order valence-electron chi connectivity index (χ3n) is 3.87. The van der Waals surface area contributed by atoms with Crippen LogP contribution >= 0.6 is 0 Å². The number of hydrogen-bond donors (Lipinski definition) is 2. The standard InChI is InChI=1S/C20H20N4O3/c1-26-16-5-6-17(18(11-16)27-2)24-19-10-15(7-9-22-19)20(25)23-13-14-4-3-8-21-12-14/h3-12H,13H2,1-2H3,(H,22,24)(H,23,25). The van der Waals surface area contributed by atoms with Crippen molar-refractivity contribution < 1.29 is 14.3 Å². The van der Waals surface area contributed by atoms with Crippen LogP contribution in [0.5, 0.6) is 11.5 Å². The summed E-state index contributed by atoms with van der Waals surface area (Å²) in [5.74, 6) is 1.65. The number of hydrogen-bond acceptors (Lipinski definition) is 6. The normalized spacial score (nSPS) is 10.1. The summed E-state index contributed by atoms with van der Waals surface area (Å²) in [5, 5.41) is 6.03. The molecule has 2 heterocycles. The molecule has 0 fully saturated rings. The maximum Gasteiger partial charge on any atom is 0.251 e. The van der Waals surface area contributed by atoms with E-state index in [0.717, 1.165) is 11.3 Å². The molecule has 0 spiro atoms. The maximum absolute atomic E-state index is 12.4. The molecule has 2 N–H and O–H groups in total. The number of benzene rings is 1. The van der Waals surface area contributed by atoms with Gasteiger partial charge < -0.3 is 20.1 Å². The summed E-state index contributed by atoms with van der Waals surface area (Å²) >= 11 is 0. The molecule has 0 bridgehead atoms. The van der Waals surface area contributed by atoms with Gasteiger partial charge in [-0.2, -0.15) is 0 Å². The topological polar surface area (TPSA) is 85.4 Å². The predicted molar refractivity (Wildman–Crippen MR) is 102 cm³/mol. The monoisotopic (exact) mass is 364 g/mol. The van der Waals surface area contributed by atoms with E-state index in [9.17, 15) is 4.79 Å². The van der Waals surface area contributed by atoms with Crippen LogP contribution in [0.2, 0.25) is 0 Å². The third-order valence-corrected chi connectivity index (χ3v) is 3.87. The second kappa shape index (κ2) is 8.66. The first kappa shape index (κ1) is 18.2. The molecule has 0 aliphatic carbocycles. The molecule has 0 unspecified atom stereocenters. The average molecular weight is 364 g/mol. The van der Waals surface area contributed by atoms with E-state index < -0.39 is 0 Å². The quantitative estimate of drug-likeness (QED) is 0.670. The number of ether oxygens (including phenoxy) is 2. The van der Waals surface area contributed by atoms with Crippen molar-refractivity contribution in [1.29, 1.82) is 0 Å². The van der Waals surface area contributed by atoms with Crippen LogP contribution in [0.25, 0.3) is 0 Å². The minimum atomic E-state index is -0.189. The fourth-order valence-corrected chi connectivity index (χ4v) is 2.47. The number of pyridine rings is 2. The van der Waals surface area contributed by atoms with E-state index in [1.54, 1.807) is 51.0 Å². The highest BCUT2D eigenvalue weighted by molar-refractivity contribution is 5.94. The van der Waals surface area contributed by atoms with Crippen molar-refractivity contribution in [3.05, 3.63) is 72.2 Å². The Labute approximate surface area is 157 Å². The molecule has 2 aromatic heterocycles. The molecule has 7 heteroatoms. The fourth-order valence-electron chi connectivity index (χ4n) is 2.47.